The predicted octanol–water partition coefficient (Wildman–Crippen LogP) is 3.48. The molecule has 4 aliphatic heterocycles. The molecule has 190 valence electrons. The first-order chi connectivity index (χ1) is 15.0. The van der Waals surface area contributed by atoms with E-state index >= 15 is 0 Å². The van der Waals surface area contributed by atoms with Crippen LogP contribution >= 0.6 is 0 Å². The number of epoxide rings is 1. The van der Waals surface area contributed by atoms with Gasteiger partial charge in [0.25, 0.3) is 0 Å². The lowest BCUT2D eigenvalue weighted by atomic mass is 9.94. The number of hydrogen-bond donors (Lipinski definition) is 1. The quantitative estimate of drug-likeness (QED) is 0.332. The first-order valence-corrected chi connectivity index (χ1v) is 14.9. The van der Waals surface area contributed by atoms with Gasteiger partial charge in [-0.15, -0.1) is 0 Å². The lowest BCUT2D eigenvalue weighted by Gasteiger charge is -2.40. The Balaban J connectivity index is 1.49. The van der Waals surface area contributed by atoms with Crippen molar-refractivity contribution in [2.45, 2.75) is 134 Å². The van der Waals surface area contributed by atoms with Crippen LogP contribution in [0.25, 0.3) is 0 Å². The molecule has 0 spiro atoms. The van der Waals surface area contributed by atoms with E-state index in [0.717, 1.165) is 0 Å². The first kappa shape index (κ1) is 25.7. The van der Waals surface area contributed by atoms with Crippen molar-refractivity contribution >= 4 is 8.32 Å². The van der Waals surface area contributed by atoms with E-state index in [2.05, 4.69) is 40.4 Å². The zero-order chi connectivity index (χ0) is 24.6. The van der Waals surface area contributed by atoms with Crippen LogP contribution in [0, 0.1) is 0 Å². The fourth-order valence-corrected chi connectivity index (χ4v) is 5.87. The van der Waals surface area contributed by atoms with Gasteiger partial charge in [0.05, 0.1) is 18.8 Å². The summed E-state index contributed by atoms with van der Waals surface area (Å²) in [6.07, 6.45) is -2.95. The van der Waals surface area contributed by atoms with Crippen LogP contribution in [0.15, 0.2) is 12.2 Å². The summed E-state index contributed by atoms with van der Waals surface area (Å²) >= 11 is 0. The van der Waals surface area contributed by atoms with Crippen molar-refractivity contribution in [1.82, 2.24) is 0 Å². The van der Waals surface area contributed by atoms with Gasteiger partial charge in [-0.1, -0.05) is 27.4 Å². The lowest BCUT2D eigenvalue weighted by molar-refractivity contribution is -0.216. The maximum atomic E-state index is 11.2. The summed E-state index contributed by atoms with van der Waals surface area (Å²) in [4.78, 5) is 0. The second kappa shape index (κ2) is 8.35. The zero-order valence-electron chi connectivity index (χ0n) is 21.5. The van der Waals surface area contributed by atoms with Gasteiger partial charge < -0.3 is 38.0 Å². The molecule has 0 bridgehead atoms. The van der Waals surface area contributed by atoms with Gasteiger partial charge in [-0.2, -0.15) is 0 Å². The summed E-state index contributed by atoms with van der Waals surface area (Å²) in [7, 11) is -2.14. The standard InChI is InChI=1S/C24H42O8Si/c1-13(17-18(16-12-26-16)29-23(5,6)28-17)14(25)11-15-19(32-33(9,10)22(2,3)4)20-21(27-15)31-24(7,8)30-20/h14-21,25H,1,11-12H2,2-10H3/t14-,15-,16+,17-,18-,19+,20-,21-/m1/s1. The van der Waals surface area contributed by atoms with Gasteiger partial charge in [0.1, 0.15) is 30.5 Å². The average molecular weight is 487 g/mol. The molecule has 0 aromatic rings. The highest BCUT2D eigenvalue weighted by Crippen LogP contribution is 2.45. The van der Waals surface area contributed by atoms with E-state index in [4.69, 9.17) is 32.8 Å². The Morgan fingerprint density at radius 2 is 1.64 bits per heavy atom. The molecule has 4 fully saturated rings. The van der Waals surface area contributed by atoms with Gasteiger partial charge in [-0.25, -0.2) is 0 Å². The molecule has 0 aromatic heterocycles. The first-order valence-electron chi connectivity index (χ1n) is 12.0. The highest BCUT2D eigenvalue weighted by Gasteiger charge is 2.58. The van der Waals surface area contributed by atoms with E-state index in [9.17, 15) is 5.11 Å². The second-order valence-electron chi connectivity index (χ2n) is 12.2. The number of fused-ring (bicyclic) bond motifs is 1. The van der Waals surface area contributed by atoms with Crippen molar-refractivity contribution in [3.8, 4) is 0 Å². The Bertz CT molecular complexity index is 756. The highest BCUT2D eigenvalue weighted by atomic mass is 28.4. The molecule has 0 saturated carbocycles. The monoisotopic (exact) mass is 486 g/mol. The van der Waals surface area contributed by atoms with Gasteiger partial charge in [0.2, 0.25) is 0 Å². The lowest BCUT2D eigenvalue weighted by Crippen LogP contribution is -2.50. The smallest absolute Gasteiger partial charge is 0.192 e. The van der Waals surface area contributed by atoms with Gasteiger partial charge in [0.15, 0.2) is 26.2 Å². The number of ether oxygens (including phenoxy) is 6. The molecule has 0 unspecified atom stereocenters. The fraction of sp³-hybridized carbons (Fsp3) is 0.917. The maximum absolute atomic E-state index is 11.2. The Morgan fingerprint density at radius 3 is 2.21 bits per heavy atom. The van der Waals surface area contributed by atoms with Crippen LogP contribution in [-0.4, -0.2) is 80.6 Å². The van der Waals surface area contributed by atoms with E-state index in [0.29, 0.717) is 18.6 Å². The summed E-state index contributed by atoms with van der Waals surface area (Å²) in [6, 6.07) is 0. The average Bonchev–Trinajstić information content (AvgIpc) is 3.31. The van der Waals surface area contributed by atoms with Gasteiger partial charge in [-0.3, -0.25) is 0 Å². The van der Waals surface area contributed by atoms with Gasteiger partial charge >= 0.3 is 0 Å². The molecule has 4 saturated heterocycles. The third-order valence-electron chi connectivity index (χ3n) is 7.43. The SMILES string of the molecule is C=C([C@H](O)C[C@H]1O[C@@H]2OC(C)(C)O[C@@H]2[C@H]1O[Si](C)(C)C(C)(C)C)[C@H]1OC(C)(C)O[C@@H]1[C@@H]1CO1. The van der Waals surface area contributed by atoms with Crippen molar-refractivity contribution in [1.29, 1.82) is 0 Å². The van der Waals surface area contributed by atoms with Crippen LogP contribution in [0.4, 0.5) is 0 Å². The summed E-state index contributed by atoms with van der Waals surface area (Å²) in [5.74, 6) is -1.50. The van der Waals surface area contributed by atoms with E-state index in [-0.39, 0.29) is 29.5 Å². The molecule has 0 radical (unpaired) electrons. The number of aliphatic hydroxyl groups excluding tert-OH is 1. The van der Waals surface area contributed by atoms with Crippen molar-refractivity contribution in [3.05, 3.63) is 12.2 Å². The highest BCUT2D eigenvalue weighted by molar-refractivity contribution is 6.74. The van der Waals surface area contributed by atoms with Crippen LogP contribution in [0.2, 0.25) is 18.1 Å². The Labute approximate surface area is 199 Å². The van der Waals surface area contributed by atoms with E-state index < -0.39 is 44.5 Å². The number of rotatable bonds is 7. The Hall–Kier alpha value is -0.363. The fourth-order valence-electron chi connectivity index (χ4n) is 4.55. The Kier molecular flexibility index (Phi) is 6.51. The molecule has 4 rings (SSSR count). The summed E-state index contributed by atoms with van der Waals surface area (Å²) in [5, 5.41) is 11.2. The molecule has 1 N–H and O–H groups in total. The molecule has 33 heavy (non-hydrogen) atoms. The van der Waals surface area contributed by atoms with Crippen LogP contribution in [-0.2, 0) is 32.8 Å². The zero-order valence-corrected chi connectivity index (χ0v) is 22.5. The number of hydrogen-bond acceptors (Lipinski definition) is 8. The minimum Gasteiger partial charge on any atom is -0.408 e. The summed E-state index contributed by atoms with van der Waals surface area (Å²) in [6.45, 7) is 23.3. The van der Waals surface area contributed by atoms with E-state index in [1.54, 1.807) is 0 Å². The maximum Gasteiger partial charge on any atom is 0.192 e. The third kappa shape index (κ3) is 5.27. The Morgan fingerprint density at radius 1 is 1.06 bits per heavy atom. The topological polar surface area (TPSA) is 88.1 Å². The minimum atomic E-state index is -2.14. The van der Waals surface area contributed by atoms with E-state index in [1.165, 1.54) is 0 Å². The predicted molar refractivity (Wildman–Crippen MR) is 124 cm³/mol. The molecule has 4 aliphatic rings. The minimum absolute atomic E-state index is 0.0188. The molecule has 8 atom stereocenters. The van der Waals surface area contributed by atoms with Crippen LogP contribution in [0.5, 0.6) is 0 Å². The third-order valence-corrected chi connectivity index (χ3v) is 11.9. The molecular weight excluding hydrogens is 444 g/mol. The second-order valence-corrected chi connectivity index (χ2v) is 17.0. The van der Waals surface area contributed by atoms with Gasteiger partial charge in [-0.05, 0) is 51.4 Å². The van der Waals surface area contributed by atoms with Crippen molar-refractivity contribution in [3.63, 3.8) is 0 Å². The van der Waals surface area contributed by atoms with Crippen LogP contribution < -0.4 is 0 Å². The molecule has 0 amide bonds. The molecule has 9 heteroatoms. The van der Waals surface area contributed by atoms with Crippen molar-refractivity contribution in [2.24, 2.45) is 0 Å². The van der Waals surface area contributed by atoms with Gasteiger partial charge in [0, 0.05) is 6.42 Å². The molecule has 0 aromatic carbocycles. The van der Waals surface area contributed by atoms with Crippen LogP contribution in [0.1, 0.15) is 54.9 Å². The largest absolute Gasteiger partial charge is 0.408 e. The molecule has 0 aliphatic carbocycles. The van der Waals surface area contributed by atoms with E-state index in [1.807, 2.05) is 27.7 Å². The van der Waals surface area contributed by atoms with Crippen molar-refractivity contribution in [2.75, 3.05) is 6.61 Å². The molecule has 4 heterocycles. The van der Waals surface area contributed by atoms with Crippen molar-refractivity contribution < 1.29 is 38.0 Å². The number of aliphatic hydroxyl groups is 1. The molecular formula is C24H42O8Si. The normalized spacial score (nSPS) is 40.6. The summed E-state index contributed by atoms with van der Waals surface area (Å²) < 4.78 is 42.8. The summed E-state index contributed by atoms with van der Waals surface area (Å²) in [5.41, 5.74) is 0.565. The van der Waals surface area contributed by atoms with Crippen LogP contribution in [0.3, 0.4) is 0 Å². The molecule has 8 nitrogen and oxygen atoms in total.